The first-order valence-electron chi connectivity index (χ1n) is 15.2. The highest BCUT2D eigenvalue weighted by atomic mass is 14.7. The van der Waals surface area contributed by atoms with E-state index in [9.17, 15) is 2.74 Å². The molecule has 0 heteroatoms. The van der Waals surface area contributed by atoms with E-state index in [0.717, 1.165) is 71.0 Å². The first-order valence-corrected chi connectivity index (χ1v) is 14.0. The van der Waals surface area contributed by atoms with Crippen molar-refractivity contribution in [3.63, 3.8) is 0 Å². The molecule has 0 heterocycles. The monoisotopic (exact) mass is 414 g/mol. The predicted octanol–water partition coefficient (Wildman–Crippen LogP) is 8.17. The van der Waals surface area contributed by atoms with E-state index in [-0.39, 0.29) is 12.8 Å². The summed E-state index contributed by atoms with van der Waals surface area (Å²) < 4.78 is 18.8. The molecule has 0 aromatic carbocycles. The van der Waals surface area contributed by atoms with E-state index in [0.29, 0.717) is 23.7 Å². The molecule has 6 fully saturated rings. The molecule has 0 aliphatic heterocycles. The van der Waals surface area contributed by atoms with Gasteiger partial charge in [0, 0.05) is 2.74 Å². The molecule has 6 bridgehead atoms. The van der Waals surface area contributed by atoms with Crippen LogP contribution in [0.2, 0.25) is 0 Å². The normalized spacial score (nSPS) is 62.4. The summed E-state index contributed by atoms with van der Waals surface area (Å²) in [6.07, 6.45) is 8.82. The predicted molar refractivity (Wildman–Crippen MR) is 127 cm³/mol. The molecule has 0 N–H and O–H groups in total. The zero-order valence-corrected chi connectivity index (χ0v) is 20.6. The molecule has 0 nitrogen and oxygen atoms in total. The van der Waals surface area contributed by atoms with Gasteiger partial charge in [0.25, 0.3) is 0 Å². The maximum atomic E-state index is 9.49. The second-order valence-electron chi connectivity index (χ2n) is 14.1. The van der Waals surface area contributed by atoms with E-state index in [2.05, 4.69) is 41.5 Å². The Kier molecular flexibility index (Phi) is 4.45. The summed E-state index contributed by atoms with van der Waals surface area (Å²) in [4.78, 5) is 0. The highest BCUT2D eigenvalue weighted by Gasteiger charge is 2.63. The quantitative estimate of drug-likeness (QED) is 0.425. The minimum Gasteiger partial charge on any atom is -0.0625 e. The lowest BCUT2D eigenvalue weighted by atomic mass is 9.56. The van der Waals surface area contributed by atoms with Crippen molar-refractivity contribution in [2.75, 3.05) is 0 Å². The fourth-order valence-corrected chi connectivity index (χ4v) is 11.1. The van der Waals surface area contributed by atoms with Crippen LogP contribution in [0.1, 0.15) is 95.6 Å². The average Bonchev–Trinajstić information content (AvgIpc) is 3.53. The van der Waals surface area contributed by atoms with Crippen LogP contribution in [0.25, 0.3) is 0 Å². The van der Waals surface area contributed by atoms with Gasteiger partial charge >= 0.3 is 0 Å². The molecule has 0 spiro atoms. The fourth-order valence-electron chi connectivity index (χ4n) is 11.1. The topological polar surface area (TPSA) is 0 Å². The molecule has 0 aromatic heterocycles. The number of hydrogen-bond donors (Lipinski definition) is 0. The van der Waals surface area contributed by atoms with Gasteiger partial charge in [-0.1, -0.05) is 41.5 Å². The Labute approximate surface area is 190 Å². The molecule has 6 saturated carbocycles. The average molecular weight is 415 g/mol. The zero-order chi connectivity index (χ0) is 22.6. The van der Waals surface area contributed by atoms with Gasteiger partial charge in [0.05, 0.1) is 0 Å². The van der Waals surface area contributed by atoms with Crippen molar-refractivity contribution >= 4 is 0 Å². The number of fused-ring (bicyclic) bond motifs is 6. The number of rotatable bonds is 5. The molecule has 0 aromatic rings. The van der Waals surface area contributed by atoms with Gasteiger partial charge in [0.2, 0.25) is 0 Å². The molecule has 6 aliphatic rings. The lowest BCUT2D eigenvalue weighted by Gasteiger charge is -2.49. The first-order chi connectivity index (χ1) is 15.2. The Morgan fingerprint density at radius 1 is 0.500 bits per heavy atom. The van der Waals surface area contributed by atoms with Crippen LogP contribution in [0.15, 0.2) is 0 Å². The molecular formula is C30H50. The molecule has 30 heavy (non-hydrogen) atoms. The van der Waals surface area contributed by atoms with E-state index in [1.54, 1.807) is 0 Å². The third-order valence-corrected chi connectivity index (χ3v) is 12.0. The van der Waals surface area contributed by atoms with Gasteiger partial charge in [0.1, 0.15) is 0 Å². The van der Waals surface area contributed by atoms with Crippen LogP contribution >= 0.6 is 0 Å². The fraction of sp³-hybridized carbons (Fsp3) is 1.00. The van der Waals surface area contributed by atoms with Crippen molar-refractivity contribution in [1.82, 2.24) is 0 Å². The summed E-state index contributed by atoms with van der Waals surface area (Å²) in [6, 6.07) is 0. The van der Waals surface area contributed by atoms with Gasteiger partial charge in [-0.05, 0) is 146 Å². The van der Waals surface area contributed by atoms with Crippen molar-refractivity contribution in [3.8, 4) is 0 Å². The van der Waals surface area contributed by atoms with Gasteiger partial charge in [-0.2, -0.15) is 0 Å². The zero-order valence-electron chi connectivity index (χ0n) is 22.6. The van der Waals surface area contributed by atoms with Gasteiger partial charge < -0.3 is 0 Å². The summed E-state index contributed by atoms with van der Waals surface area (Å²) in [6.45, 7) is 14.7. The maximum absolute atomic E-state index is 9.49. The smallest absolute Gasteiger partial charge is 0.0273 e. The van der Waals surface area contributed by atoms with Crippen LogP contribution in [0.4, 0.5) is 0 Å². The third kappa shape index (κ3) is 2.89. The van der Waals surface area contributed by atoms with Crippen molar-refractivity contribution in [3.05, 3.63) is 0 Å². The Hall–Kier alpha value is 0. The molecule has 6 aliphatic carbocycles. The van der Waals surface area contributed by atoms with Crippen LogP contribution in [-0.2, 0) is 0 Å². The Balaban J connectivity index is 1.34. The number of hydrogen-bond acceptors (Lipinski definition) is 0. The van der Waals surface area contributed by atoms with Crippen LogP contribution in [0.5, 0.6) is 0 Å². The lowest BCUT2D eigenvalue weighted by molar-refractivity contribution is -0.00787. The van der Waals surface area contributed by atoms with Crippen LogP contribution in [0.3, 0.4) is 0 Å². The van der Waals surface area contributed by atoms with E-state index >= 15 is 0 Å². The summed E-state index contributed by atoms with van der Waals surface area (Å²) in [5.41, 5.74) is 0. The van der Waals surface area contributed by atoms with E-state index < -0.39 is 0 Å². The molecule has 15 unspecified atom stereocenters. The summed E-state index contributed by atoms with van der Waals surface area (Å²) in [7, 11) is 0. The van der Waals surface area contributed by atoms with Crippen molar-refractivity contribution in [2.24, 2.45) is 94.7 Å². The van der Waals surface area contributed by atoms with E-state index in [1.165, 1.54) is 38.5 Å². The Morgan fingerprint density at radius 3 is 1.80 bits per heavy atom. The van der Waals surface area contributed by atoms with Crippen LogP contribution < -0.4 is 0 Å². The molecule has 0 radical (unpaired) electrons. The first kappa shape index (κ1) is 18.4. The Morgan fingerprint density at radius 2 is 1.17 bits per heavy atom. The van der Waals surface area contributed by atoms with Crippen molar-refractivity contribution < 1.29 is 2.74 Å². The molecule has 0 amide bonds. The standard InChI is InChI=1S/C30H50/c1-15(2)22-11-20-10-19(22)12-25(20)30-28-14-21(13-24(28)17(5)6)29(30)27-9-18-7-23(16(3)4)26(27)8-18/h15-30H,7-14H2,1-6H3/i9T,12T. The van der Waals surface area contributed by atoms with Crippen molar-refractivity contribution in [2.45, 2.75) is 92.9 Å². The van der Waals surface area contributed by atoms with Crippen molar-refractivity contribution in [1.29, 1.82) is 0 Å². The molecule has 6 rings (SSSR count). The maximum Gasteiger partial charge on any atom is 0.0273 e. The van der Waals surface area contributed by atoms with Gasteiger partial charge in [-0.15, -0.1) is 0 Å². The second-order valence-corrected chi connectivity index (χ2v) is 14.1. The van der Waals surface area contributed by atoms with Crippen LogP contribution in [-0.4, -0.2) is 0 Å². The lowest BCUT2D eigenvalue weighted by Crippen LogP contribution is -2.43. The van der Waals surface area contributed by atoms with Gasteiger partial charge in [-0.25, -0.2) is 0 Å². The second kappa shape index (κ2) is 7.25. The highest BCUT2D eigenvalue weighted by Crippen LogP contribution is 2.70. The summed E-state index contributed by atoms with van der Waals surface area (Å²) in [5.74, 6) is 12.7. The van der Waals surface area contributed by atoms with E-state index in [1.807, 2.05) is 0 Å². The molecular weight excluding hydrogens is 360 g/mol. The van der Waals surface area contributed by atoms with Gasteiger partial charge in [-0.3, -0.25) is 0 Å². The minimum atomic E-state index is 0.199. The molecule has 170 valence electrons. The largest absolute Gasteiger partial charge is 0.0625 e. The van der Waals surface area contributed by atoms with E-state index in [4.69, 9.17) is 0 Å². The minimum absolute atomic E-state index is 0.199. The Bertz CT molecular complexity index is 712. The van der Waals surface area contributed by atoms with Crippen LogP contribution in [0, 0.1) is 94.7 Å². The SMILES string of the molecule is [3H]C1C2CC(CC2C(C)C)C1C1C2CC(CC2C(C)C)C1C1C([3H])C2CC(C(C)C)C1C2. The van der Waals surface area contributed by atoms with Gasteiger partial charge in [0.15, 0.2) is 0 Å². The molecule has 0 saturated heterocycles. The molecule has 15 atom stereocenters. The summed E-state index contributed by atoms with van der Waals surface area (Å²) >= 11 is 0. The summed E-state index contributed by atoms with van der Waals surface area (Å²) in [5, 5.41) is 0. The highest BCUT2D eigenvalue weighted by molar-refractivity contribution is 5.12. The third-order valence-electron chi connectivity index (χ3n) is 12.0.